The summed E-state index contributed by atoms with van der Waals surface area (Å²) >= 11 is 0. The molecule has 0 radical (unpaired) electrons. The standard InChI is InChI=1S/C24H25N3/c1-4-26-23-13-9-7-11-20(23)21-16-19(14-15-24(21)26)17-25-27(5-2)22-12-8-6-10-18(22)3/h6-17H,4-5H2,1-3H3/b25-17+. The van der Waals surface area contributed by atoms with Gasteiger partial charge in [-0.25, -0.2) is 0 Å². The highest BCUT2D eigenvalue weighted by molar-refractivity contribution is 6.09. The molecule has 0 aliphatic carbocycles. The summed E-state index contributed by atoms with van der Waals surface area (Å²) in [5.74, 6) is 0. The average molecular weight is 355 g/mol. The van der Waals surface area contributed by atoms with Gasteiger partial charge in [0.05, 0.1) is 11.9 Å². The average Bonchev–Trinajstić information content (AvgIpc) is 3.03. The Kier molecular flexibility index (Phi) is 4.68. The first kappa shape index (κ1) is 17.3. The SMILES string of the molecule is CCN(/N=C/c1ccc2c(c1)c1ccccc1n2CC)c1ccccc1C. The second-order valence-corrected chi connectivity index (χ2v) is 6.78. The minimum absolute atomic E-state index is 0.832. The number of rotatable bonds is 5. The van der Waals surface area contributed by atoms with E-state index in [1.165, 1.54) is 27.4 Å². The Morgan fingerprint density at radius 1 is 0.889 bits per heavy atom. The molecular weight excluding hydrogens is 330 g/mol. The minimum atomic E-state index is 0.832. The van der Waals surface area contributed by atoms with Crippen LogP contribution in [0.4, 0.5) is 5.69 Å². The summed E-state index contributed by atoms with van der Waals surface area (Å²) in [5, 5.41) is 9.40. The Morgan fingerprint density at radius 2 is 1.63 bits per heavy atom. The molecule has 0 atom stereocenters. The molecule has 0 saturated heterocycles. The molecule has 0 fully saturated rings. The number of para-hydroxylation sites is 2. The second kappa shape index (κ2) is 7.28. The van der Waals surface area contributed by atoms with Crippen molar-refractivity contribution in [2.24, 2.45) is 5.10 Å². The molecule has 3 aromatic carbocycles. The van der Waals surface area contributed by atoms with E-state index in [-0.39, 0.29) is 0 Å². The van der Waals surface area contributed by atoms with Crippen LogP contribution < -0.4 is 5.01 Å². The van der Waals surface area contributed by atoms with Gasteiger partial charge in [-0.05, 0) is 56.2 Å². The highest BCUT2D eigenvalue weighted by Gasteiger charge is 2.09. The largest absolute Gasteiger partial charge is 0.341 e. The number of anilines is 1. The minimum Gasteiger partial charge on any atom is -0.341 e. The summed E-state index contributed by atoms with van der Waals surface area (Å²) < 4.78 is 2.37. The predicted octanol–water partition coefficient (Wildman–Crippen LogP) is 5.98. The van der Waals surface area contributed by atoms with Gasteiger partial charge in [0.1, 0.15) is 0 Å². The number of nitrogens with zero attached hydrogens (tertiary/aromatic N) is 3. The molecule has 3 nitrogen and oxygen atoms in total. The first-order chi connectivity index (χ1) is 13.2. The van der Waals surface area contributed by atoms with E-state index in [1.54, 1.807) is 0 Å². The van der Waals surface area contributed by atoms with Gasteiger partial charge in [0, 0.05) is 34.9 Å². The number of aromatic nitrogens is 1. The van der Waals surface area contributed by atoms with Crippen molar-refractivity contribution < 1.29 is 0 Å². The molecule has 0 bridgehead atoms. The van der Waals surface area contributed by atoms with Crippen LogP contribution in [0.25, 0.3) is 21.8 Å². The third kappa shape index (κ3) is 3.10. The van der Waals surface area contributed by atoms with Crippen LogP contribution in [0, 0.1) is 6.92 Å². The topological polar surface area (TPSA) is 20.5 Å². The molecule has 136 valence electrons. The van der Waals surface area contributed by atoms with Crippen LogP contribution in [0.1, 0.15) is 25.0 Å². The number of benzene rings is 3. The van der Waals surface area contributed by atoms with Gasteiger partial charge in [0.2, 0.25) is 0 Å². The monoisotopic (exact) mass is 355 g/mol. The van der Waals surface area contributed by atoms with Gasteiger partial charge < -0.3 is 4.57 Å². The van der Waals surface area contributed by atoms with Crippen molar-refractivity contribution in [2.75, 3.05) is 11.6 Å². The van der Waals surface area contributed by atoms with Crippen LogP contribution in [-0.4, -0.2) is 17.3 Å². The zero-order chi connectivity index (χ0) is 18.8. The zero-order valence-electron chi connectivity index (χ0n) is 16.2. The molecule has 1 heterocycles. The normalized spacial score (nSPS) is 11.7. The van der Waals surface area contributed by atoms with Gasteiger partial charge in [0.25, 0.3) is 0 Å². The van der Waals surface area contributed by atoms with E-state index in [2.05, 4.69) is 97.1 Å². The molecule has 0 unspecified atom stereocenters. The van der Waals surface area contributed by atoms with E-state index in [1.807, 2.05) is 6.21 Å². The van der Waals surface area contributed by atoms with Gasteiger partial charge in [0.15, 0.2) is 0 Å². The fraction of sp³-hybridized carbons (Fsp3) is 0.208. The van der Waals surface area contributed by atoms with Crippen molar-refractivity contribution in [2.45, 2.75) is 27.3 Å². The van der Waals surface area contributed by atoms with Crippen LogP contribution in [0.3, 0.4) is 0 Å². The third-order valence-electron chi connectivity index (χ3n) is 5.15. The Labute approximate surface area is 160 Å². The van der Waals surface area contributed by atoms with Crippen LogP contribution in [0.15, 0.2) is 71.8 Å². The Balaban J connectivity index is 1.75. The summed E-state index contributed by atoms with van der Waals surface area (Å²) in [5.41, 5.74) is 6.08. The number of aryl methyl sites for hydroxylation is 2. The van der Waals surface area contributed by atoms with Crippen LogP contribution in [0.5, 0.6) is 0 Å². The van der Waals surface area contributed by atoms with Crippen molar-refractivity contribution in [1.29, 1.82) is 0 Å². The quantitative estimate of drug-likeness (QED) is 0.318. The molecule has 0 spiro atoms. The Hall–Kier alpha value is -3.07. The van der Waals surface area contributed by atoms with Gasteiger partial charge in [-0.15, -0.1) is 0 Å². The van der Waals surface area contributed by atoms with Gasteiger partial charge in [-0.1, -0.05) is 42.5 Å². The summed E-state index contributed by atoms with van der Waals surface area (Å²) in [4.78, 5) is 0. The first-order valence-corrected chi connectivity index (χ1v) is 9.61. The van der Waals surface area contributed by atoms with Crippen LogP contribution >= 0.6 is 0 Å². The van der Waals surface area contributed by atoms with Crippen molar-refractivity contribution in [3.8, 4) is 0 Å². The van der Waals surface area contributed by atoms with Gasteiger partial charge in [-0.3, -0.25) is 5.01 Å². The summed E-state index contributed by atoms with van der Waals surface area (Å²) in [6.07, 6.45) is 1.97. The maximum Gasteiger partial charge on any atom is 0.0622 e. The molecule has 0 aliphatic rings. The smallest absolute Gasteiger partial charge is 0.0622 e. The molecule has 4 rings (SSSR count). The highest BCUT2D eigenvalue weighted by Crippen LogP contribution is 2.29. The van der Waals surface area contributed by atoms with Crippen LogP contribution in [0.2, 0.25) is 0 Å². The van der Waals surface area contributed by atoms with E-state index in [0.29, 0.717) is 0 Å². The summed E-state index contributed by atoms with van der Waals surface area (Å²) in [6.45, 7) is 8.25. The van der Waals surface area contributed by atoms with E-state index in [0.717, 1.165) is 24.3 Å². The maximum atomic E-state index is 4.76. The molecule has 27 heavy (non-hydrogen) atoms. The highest BCUT2D eigenvalue weighted by atomic mass is 15.4. The summed E-state index contributed by atoms with van der Waals surface area (Å²) in [7, 11) is 0. The lowest BCUT2D eigenvalue weighted by molar-refractivity contribution is 0.827. The van der Waals surface area contributed by atoms with Crippen molar-refractivity contribution in [3.63, 3.8) is 0 Å². The number of fused-ring (bicyclic) bond motifs is 3. The molecule has 0 amide bonds. The fourth-order valence-corrected chi connectivity index (χ4v) is 3.80. The van der Waals surface area contributed by atoms with Crippen molar-refractivity contribution in [3.05, 3.63) is 77.9 Å². The predicted molar refractivity (Wildman–Crippen MR) is 117 cm³/mol. The lowest BCUT2D eigenvalue weighted by Gasteiger charge is -2.19. The van der Waals surface area contributed by atoms with Gasteiger partial charge in [-0.2, -0.15) is 5.10 Å². The number of hydrogen-bond acceptors (Lipinski definition) is 2. The number of hydrazone groups is 1. The van der Waals surface area contributed by atoms with Gasteiger partial charge >= 0.3 is 0 Å². The van der Waals surface area contributed by atoms with E-state index < -0.39 is 0 Å². The first-order valence-electron chi connectivity index (χ1n) is 9.61. The summed E-state index contributed by atoms with van der Waals surface area (Å²) in [6, 6.07) is 23.6. The molecule has 0 saturated carbocycles. The van der Waals surface area contributed by atoms with E-state index in [4.69, 9.17) is 5.10 Å². The zero-order valence-corrected chi connectivity index (χ0v) is 16.2. The second-order valence-electron chi connectivity index (χ2n) is 6.78. The Morgan fingerprint density at radius 3 is 2.41 bits per heavy atom. The third-order valence-corrected chi connectivity index (χ3v) is 5.15. The molecule has 1 aromatic heterocycles. The molecular formula is C24H25N3. The molecule has 0 aliphatic heterocycles. The lowest BCUT2D eigenvalue weighted by atomic mass is 10.1. The van der Waals surface area contributed by atoms with Crippen molar-refractivity contribution >= 4 is 33.7 Å². The van der Waals surface area contributed by atoms with E-state index >= 15 is 0 Å². The maximum absolute atomic E-state index is 4.76. The molecule has 0 N–H and O–H groups in total. The lowest BCUT2D eigenvalue weighted by Crippen LogP contribution is -2.16. The molecule has 4 aromatic rings. The van der Waals surface area contributed by atoms with Crippen LogP contribution in [-0.2, 0) is 6.54 Å². The Bertz CT molecular complexity index is 1120. The van der Waals surface area contributed by atoms with Crippen molar-refractivity contribution in [1.82, 2.24) is 4.57 Å². The van der Waals surface area contributed by atoms with E-state index in [9.17, 15) is 0 Å². The fourth-order valence-electron chi connectivity index (χ4n) is 3.80. The molecule has 3 heteroatoms. The number of hydrogen-bond donors (Lipinski definition) is 0.